The van der Waals surface area contributed by atoms with Gasteiger partial charge < -0.3 is 0 Å². The Morgan fingerprint density at radius 3 is 2.27 bits per heavy atom. The highest BCUT2D eigenvalue weighted by Crippen LogP contribution is 2.16. The molecule has 0 rings (SSSR count). The quantitative estimate of drug-likeness (QED) is 0.542. The van der Waals surface area contributed by atoms with Crippen LogP contribution in [0.5, 0.6) is 0 Å². The minimum Gasteiger partial charge on any atom is -0.206 e. The largest absolute Gasteiger partial charge is 0.206 e. The fourth-order valence-electron chi connectivity index (χ4n) is 0.485. The molecule has 0 radical (unpaired) electrons. The van der Waals surface area contributed by atoms with Crippen molar-refractivity contribution in [3.63, 3.8) is 0 Å². The Bertz CT molecular complexity index is 219. The van der Waals surface area contributed by atoms with Crippen LogP contribution in [-0.2, 0) is 0 Å². The summed E-state index contributed by atoms with van der Waals surface area (Å²) in [6.45, 7) is 10.7. The first-order valence-electron chi connectivity index (χ1n) is 3.43. The van der Waals surface area contributed by atoms with Gasteiger partial charge in [0.05, 0.1) is 0 Å². The summed E-state index contributed by atoms with van der Waals surface area (Å²) in [5.74, 6) is -0.324. The zero-order valence-electron chi connectivity index (χ0n) is 7.02. The van der Waals surface area contributed by atoms with Crippen molar-refractivity contribution >= 4 is 0 Å². The molecule has 0 fully saturated rings. The predicted molar refractivity (Wildman–Crippen MR) is 48.0 cm³/mol. The van der Waals surface area contributed by atoms with Crippen molar-refractivity contribution in [1.82, 2.24) is 0 Å². The van der Waals surface area contributed by atoms with Crippen LogP contribution in [0.4, 0.5) is 4.39 Å². The number of hydrogen-bond donors (Lipinski definition) is 0. The van der Waals surface area contributed by atoms with Crippen LogP contribution in [0.1, 0.15) is 13.8 Å². The van der Waals surface area contributed by atoms with E-state index < -0.39 is 0 Å². The first-order valence-corrected chi connectivity index (χ1v) is 3.43. The maximum Gasteiger partial charge on any atom is 0.130 e. The summed E-state index contributed by atoms with van der Waals surface area (Å²) >= 11 is 0. The molecule has 0 saturated heterocycles. The van der Waals surface area contributed by atoms with Gasteiger partial charge in [0.1, 0.15) is 5.83 Å². The van der Waals surface area contributed by atoms with Crippen LogP contribution < -0.4 is 0 Å². The summed E-state index contributed by atoms with van der Waals surface area (Å²) in [4.78, 5) is 0. The molecule has 0 N–H and O–H groups in total. The maximum absolute atomic E-state index is 12.9. The van der Waals surface area contributed by atoms with Crippen LogP contribution in [0.3, 0.4) is 0 Å². The third-order valence-corrected chi connectivity index (χ3v) is 1.24. The van der Waals surface area contributed by atoms with E-state index in [-0.39, 0.29) is 5.83 Å². The highest BCUT2D eigenvalue weighted by atomic mass is 19.1. The van der Waals surface area contributed by atoms with E-state index in [0.29, 0.717) is 11.1 Å². The van der Waals surface area contributed by atoms with E-state index in [9.17, 15) is 4.39 Å². The van der Waals surface area contributed by atoms with Gasteiger partial charge in [0.25, 0.3) is 0 Å². The number of rotatable bonds is 3. The second kappa shape index (κ2) is 4.67. The highest BCUT2D eigenvalue weighted by molar-refractivity contribution is 5.39. The Kier molecular flexibility index (Phi) is 4.20. The SMILES string of the molecule is C=C(C)C(=C)/C(F)=C\C=C/C. The lowest BCUT2D eigenvalue weighted by atomic mass is 10.1. The van der Waals surface area contributed by atoms with Gasteiger partial charge >= 0.3 is 0 Å². The van der Waals surface area contributed by atoms with Crippen molar-refractivity contribution < 1.29 is 4.39 Å². The molecule has 11 heavy (non-hydrogen) atoms. The van der Waals surface area contributed by atoms with Crippen LogP contribution in [0.2, 0.25) is 0 Å². The fraction of sp³-hybridized carbons (Fsp3) is 0.200. The molecule has 0 aromatic carbocycles. The van der Waals surface area contributed by atoms with Crippen LogP contribution in [0.25, 0.3) is 0 Å². The molecular formula is C10H13F. The fourth-order valence-corrected chi connectivity index (χ4v) is 0.485. The summed E-state index contributed by atoms with van der Waals surface area (Å²) in [7, 11) is 0. The highest BCUT2D eigenvalue weighted by Gasteiger charge is 1.98. The summed E-state index contributed by atoms with van der Waals surface area (Å²) in [6.07, 6.45) is 4.76. The van der Waals surface area contributed by atoms with Crippen molar-refractivity contribution in [2.75, 3.05) is 0 Å². The molecule has 0 aromatic heterocycles. The van der Waals surface area contributed by atoms with Gasteiger partial charge in [-0.25, -0.2) is 4.39 Å². The van der Waals surface area contributed by atoms with E-state index >= 15 is 0 Å². The van der Waals surface area contributed by atoms with Crippen molar-refractivity contribution in [1.29, 1.82) is 0 Å². The van der Waals surface area contributed by atoms with Gasteiger partial charge in [-0.15, -0.1) is 0 Å². The van der Waals surface area contributed by atoms with E-state index in [2.05, 4.69) is 13.2 Å². The second-order valence-corrected chi connectivity index (χ2v) is 2.30. The molecule has 1 heteroatoms. The van der Waals surface area contributed by atoms with Gasteiger partial charge in [-0.05, 0) is 25.5 Å². The molecule has 0 nitrogen and oxygen atoms in total. The predicted octanol–water partition coefficient (Wildman–Crippen LogP) is 3.55. The summed E-state index contributed by atoms with van der Waals surface area (Å²) in [6, 6.07) is 0. The van der Waals surface area contributed by atoms with E-state index in [1.165, 1.54) is 6.08 Å². The van der Waals surface area contributed by atoms with E-state index in [1.807, 2.05) is 6.92 Å². The van der Waals surface area contributed by atoms with Crippen LogP contribution >= 0.6 is 0 Å². The monoisotopic (exact) mass is 152 g/mol. The molecule has 0 amide bonds. The first-order chi connectivity index (χ1) is 5.09. The van der Waals surface area contributed by atoms with Crippen LogP contribution in [0.15, 0.2) is 48.4 Å². The Morgan fingerprint density at radius 2 is 1.91 bits per heavy atom. The minimum absolute atomic E-state index is 0.324. The molecule has 0 aromatic rings. The second-order valence-electron chi connectivity index (χ2n) is 2.30. The first kappa shape index (κ1) is 9.89. The molecule has 0 heterocycles. The molecule has 0 saturated carbocycles. The Morgan fingerprint density at radius 1 is 1.36 bits per heavy atom. The lowest BCUT2D eigenvalue weighted by Crippen LogP contribution is -1.81. The lowest BCUT2D eigenvalue weighted by molar-refractivity contribution is 0.655. The maximum atomic E-state index is 12.9. The lowest BCUT2D eigenvalue weighted by Gasteiger charge is -1.98. The summed E-state index contributed by atoms with van der Waals surface area (Å²) in [5, 5.41) is 0. The molecule has 0 unspecified atom stereocenters. The third kappa shape index (κ3) is 3.56. The molecule has 0 spiro atoms. The average molecular weight is 152 g/mol. The molecule has 0 aliphatic rings. The van der Waals surface area contributed by atoms with Gasteiger partial charge in [0, 0.05) is 5.57 Å². The standard InChI is InChI=1S/C10H13F/c1-5-6-7-10(11)9(4)8(2)3/h5-7H,2,4H2,1,3H3/b6-5-,10-7+. The average Bonchev–Trinajstić information content (AvgIpc) is 1.98. The van der Waals surface area contributed by atoms with Gasteiger partial charge in [-0.3, -0.25) is 0 Å². The van der Waals surface area contributed by atoms with Crippen molar-refractivity contribution in [3.8, 4) is 0 Å². The molecule has 0 bridgehead atoms. The summed E-state index contributed by atoms with van der Waals surface area (Å²) < 4.78 is 12.9. The van der Waals surface area contributed by atoms with Crippen molar-refractivity contribution in [2.45, 2.75) is 13.8 Å². The summed E-state index contributed by atoms with van der Waals surface area (Å²) in [5.41, 5.74) is 1.02. The van der Waals surface area contributed by atoms with Gasteiger partial charge in [0.15, 0.2) is 0 Å². The topological polar surface area (TPSA) is 0 Å². The van der Waals surface area contributed by atoms with Gasteiger partial charge in [0.2, 0.25) is 0 Å². The normalized spacial score (nSPS) is 12.1. The Hall–Kier alpha value is -1.11. The van der Waals surface area contributed by atoms with Crippen LogP contribution in [-0.4, -0.2) is 0 Å². The molecular weight excluding hydrogens is 139 g/mol. The zero-order valence-corrected chi connectivity index (χ0v) is 7.02. The Balaban J connectivity index is 4.36. The number of allylic oxidation sites excluding steroid dienone is 6. The van der Waals surface area contributed by atoms with E-state index in [4.69, 9.17) is 0 Å². The van der Waals surface area contributed by atoms with Gasteiger partial charge in [-0.1, -0.05) is 25.3 Å². The molecule has 0 atom stereocenters. The van der Waals surface area contributed by atoms with Crippen LogP contribution in [0, 0.1) is 0 Å². The third-order valence-electron chi connectivity index (χ3n) is 1.24. The van der Waals surface area contributed by atoms with E-state index in [0.717, 1.165) is 0 Å². The van der Waals surface area contributed by atoms with E-state index in [1.54, 1.807) is 19.1 Å². The zero-order chi connectivity index (χ0) is 8.85. The molecule has 60 valence electrons. The number of hydrogen-bond acceptors (Lipinski definition) is 0. The Labute approximate surface area is 67.4 Å². The number of halogens is 1. The smallest absolute Gasteiger partial charge is 0.130 e. The van der Waals surface area contributed by atoms with Crippen molar-refractivity contribution in [2.24, 2.45) is 0 Å². The molecule has 0 aliphatic heterocycles. The van der Waals surface area contributed by atoms with Crippen molar-refractivity contribution in [3.05, 3.63) is 48.4 Å². The molecule has 0 aliphatic carbocycles. The van der Waals surface area contributed by atoms with Gasteiger partial charge in [-0.2, -0.15) is 0 Å². The minimum atomic E-state index is -0.324.